The van der Waals surface area contributed by atoms with Gasteiger partial charge in [-0.25, -0.2) is 0 Å². The molecule has 0 saturated carbocycles. The third-order valence-corrected chi connectivity index (χ3v) is 2.94. The van der Waals surface area contributed by atoms with Crippen molar-refractivity contribution in [1.82, 2.24) is 10.2 Å². The Hall–Kier alpha value is -1.04. The Bertz CT molecular complexity index is 423. The van der Waals surface area contributed by atoms with Gasteiger partial charge in [0.2, 0.25) is 0 Å². The molecule has 2 aromatic rings. The number of nitrogens with one attached hydrogen (secondary N) is 1. The Labute approximate surface area is 95.9 Å². The van der Waals surface area contributed by atoms with Crippen LogP contribution in [-0.4, -0.2) is 10.2 Å². The second-order valence-corrected chi connectivity index (χ2v) is 3.80. The van der Waals surface area contributed by atoms with Gasteiger partial charge in [-0.05, 0) is 17.2 Å². The van der Waals surface area contributed by atoms with Crippen LogP contribution in [0.4, 0.5) is 5.69 Å². The summed E-state index contributed by atoms with van der Waals surface area (Å²) in [6.07, 6.45) is 3.65. The van der Waals surface area contributed by atoms with Gasteiger partial charge in [-0.15, -0.1) is 0 Å². The molecule has 4 heteroatoms. The third-order valence-electron chi connectivity index (χ3n) is 2.12. The number of hydrogen-bond donors (Lipinski definition) is 2. The third kappa shape index (κ3) is 1.75. The number of nitrogen functional groups attached to an aromatic ring is 1. The highest BCUT2D eigenvalue weighted by atomic mass is 127. The van der Waals surface area contributed by atoms with E-state index in [4.69, 9.17) is 5.73 Å². The molecule has 0 spiro atoms. The zero-order valence-electron chi connectivity index (χ0n) is 7.50. The molecule has 0 fully saturated rings. The fraction of sp³-hybridized carbons (Fsp3) is 0.100. The molecular weight excluding hydrogens is 289 g/mol. The minimum absolute atomic E-state index is 0.845. The minimum Gasteiger partial charge on any atom is -0.398 e. The Kier molecular flexibility index (Phi) is 2.72. The first-order valence-corrected chi connectivity index (χ1v) is 5.77. The fourth-order valence-corrected chi connectivity index (χ4v) is 2.00. The smallest absolute Gasteiger partial charge is 0.0565 e. The molecule has 0 aliphatic carbocycles. The number of nitrogens with two attached hydrogens (primary N) is 1. The fourth-order valence-electron chi connectivity index (χ4n) is 1.30. The lowest BCUT2D eigenvalue weighted by molar-refractivity contribution is 1.09. The van der Waals surface area contributed by atoms with Crippen LogP contribution in [0.15, 0.2) is 30.6 Å². The quantitative estimate of drug-likeness (QED) is 0.509. The van der Waals surface area contributed by atoms with Crippen LogP contribution in [0.3, 0.4) is 0 Å². The summed E-state index contributed by atoms with van der Waals surface area (Å²) in [7, 11) is 0. The number of halogens is 1. The summed E-state index contributed by atoms with van der Waals surface area (Å²) >= 11 is 2.31. The summed E-state index contributed by atoms with van der Waals surface area (Å²) < 4.78 is 0.940. The normalized spacial score (nSPS) is 10.4. The summed E-state index contributed by atoms with van der Waals surface area (Å²) in [5, 5.41) is 6.69. The lowest BCUT2D eigenvalue weighted by atomic mass is 10.1. The van der Waals surface area contributed by atoms with Crippen molar-refractivity contribution in [1.29, 1.82) is 0 Å². The van der Waals surface area contributed by atoms with Crippen molar-refractivity contribution >= 4 is 28.3 Å². The Morgan fingerprint density at radius 1 is 1.36 bits per heavy atom. The van der Waals surface area contributed by atoms with Crippen LogP contribution in [0, 0.1) is 0 Å². The molecule has 1 aromatic carbocycles. The van der Waals surface area contributed by atoms with E-state index in [0.29, 0.717) is 0 Å². The van der Waals surface area contributed by atoms with E-state index >= 15 is 0 Å². The topological polar surface area (TPSA) is 54.7 Å². The first kappa shape index (κ1) is 9.51. The molecule has 2 rings (SSSR count). The van der Waals surface area contributed by atoms with Gasteiger partial charge in [0.1, 0.15) is 0 Å². The van der Waals surface area contributed by atoms with Crippen molar-refractivity contribution in [2.45, 2.75) is 4.43 Å². The predicted molar refractivity (Wildman–Crippen MR) is 66.2 cm³/mol. The first-order chi connectivity index (χ1) is 6.81. The van der Waals surface area contributed by atoms with E-state index in [2.05, 4.69) is 44.9 Å². The number of benzene rings is 1. The second kappa shape index (κ2) is 4.00. The van der Waals surface area contributed by atoms with Gasteiger partial charge in [0.05, 0.1) is 6.20 Å². The molecule has 3 nitrogen and oxygen atoms in total. The highest BCUT2D eigenvalue weighted by Gasteiger charge is 2.02. The van der Waals surface area contributed by atoms with E-state index in [-0.39, 0.29) is 0 Å². The van der Waals surface area contributed by atoms with Crippen LogP contribution in [-0.2, 0) is 4.43 Å². The lowest BCUT2D eigenvalue weighted by Crippen LogP contribution is -1.91. The minimum atomic E-state index is 0.845. The highest BCUT2D eigenvalue weighted by molar-refractivity contribution is 14.1. The maximum absolute atomic E-state index is 5.90. The predicted octanol–water partition coefficient (Wildman–Crippen LogP) is 2.59. The van der Waals surface area contributed by atoms with E-state index in [1.165, 1.54) is 5.56 Å². The van der Waals surface area contributed by atoms with Crippen LogP contribution in [0.25, 0.3) is 11.1 Å². The number of H-pyrrole nitrogens is 1. The van der Waals surface area contributed by atoms with Crippen LogP contribution >= 0.6 is 22.6 Å². The zero-order valence-corrected chi connectivity index (χ0v) is 9.65. The van der Waals surface area contributed by atoms with Gasteiger partial charge < -0.3 is 5.73 Å². The number of hydrogen-bond acceptors (Lipinski definition) is 2. The molecule has 14 heavy (non-hydrogen) atoms. The number of alkyl halides is 1. The van der Waals surface area contributed by atoms with Gasteiger partial charge in [0.15, 0.2) is 0 Å². The monoisotopic (exact) mass is 299 g/mol. The number of rotatable bonds is 2. The lowest BCUT2D eigenvalue weighted by Gasteiger charge is -2.04. The maximum Gasteiger partial charge on any atom is 0.0565 e. The van der Waals surface area contributed by atoms with E-state index in [1.807, 2.05) is 12.3 Å². The molecule has 0 aliphatic rings. The molecule has 1 aromatic heterocycles. The van der Waals surface area contributed by atoms with Gasteiger partial charge in [-0.3, -0.25) is 5.10 Å². The largest absolute Gasteiger partial charge is 0.398 e. The van der Waals surface area contributed by atoms with Crippen molar-refractivity contribution in [2.24, 2.45) is 0 Å². The van der Waals surface area contributed by atoms with Crippen LogP contribution in [0.5, 0.6) is 0 Å². The van der Waals surface area contributed by atoms with E-state index in [0.717, 1.165) is 21.2 Å². The summed E-state index contributed by atoms with van der Waals surface area (Å²) in [6, 6.07) is 6.11. The van der Waals surface area contributed by atoms with Gasteiger partial charge in [0.25, 0.3) is 0 Å². The molecule has 0 atom stereocenters. The maximum atomic E-state index is 5.90. The molecule has 0 aliphatic heterocycles. The van der Waals surface area contributed by atoms with Gasteiger partial charge in [-0.1, -0.05) is 34.7 Å². The number of aromatic amines is 1. The van der Waals surface area contributed by atoms with Gasteiger partial charge >= 0.3 is 0 Å². The standard InChI is InChI=1S/C10H10IN3/c11-4-8-2-1-7(3-10(8)12)9-5-13-14-6-9/h1-3,5-6H,4,12H2,(H,13,14). The molecule has 1 heterocycles. The van der Waals surface area contributed by atoms with Crippen molar-refractivity contribution in [2.75, 3.05) is 5.73 Å². The Morgan fingerprint density at radius 2 is 2.21 bits per heavy atom. The average Bonchev–Trinajstić information content (AvgIpc) is 2.70. The van der Waals surface area contributed by atoms with Crippen LogP contribution in [0.1, 0.15) is 5.56 Å². The van der Waals surface area contributed by atoms with Gasteiger partial charge in [0, 0.05) is 21.9 Å². The summed E-state index contributed by atoms with van der Waals surface area (Å²) in [4.78, 5) is 0. The van der Waals surface area contributed by atoms with Crippen molar-refractivity contribution in [3.63, 3.8) is 0 Å². The van der Waals surface area contributed by atoms with Crippen LogP contribution in [0.2, 0.25) is 0 Å². The summed E-state index contributed by atoms with van der Waals surface area (Å²) in [6.45, 7) is 0. The van der Waals surface area contributed by atoms with Crippen molar-refractivity contribution < 1.29 is 0 Å². The molecule has 0 bridgehead atoms. The molecule has 0 amide bonds. The van der Waals surface area contributed by atoms with E-state index in [9.17, 15) is 0 Å². The summed E-state index contributed by atoms with van der Waals surface area (Å²) in [5.41, 5.74) is 10.1. The molecule has 72 valence electrons. The molecule has 3 N–H and O–H groups in total. The van der Waals surface area contributed by atoms with Gasteiger partial charge in [-0.2, -0.15) is 5.10 Å². The van der Waals surface area contributed by atoms with E-state index < -0.39 is 0 Å². The first-order valence-electron chi connectivity index (χ1n) is 4.25. The Balaban J connectivity index is 2.43. The summed E-state index contributed by atoms with van der Waals surface area (Å²) in [5.74, 6) is 0. The molecule has 0 radical (unpaired) electrons. The Morgan fingerprint density at radius 3 is 2.79 bits per heavy atom. The second-order valence-electron chi connectivity index (χ2n) is 3.03. The number of nitrogens with zero attached hydrogens (tertiary/aromatic N) is 1. The molecule has 0 saturated heterocycles. The van der Waals surface area contributed by atoms with Crippen molar-refractivity contribution in [3.05, 3.63) is 36.2 Å². The van der Waals surface area contributed by atoms with E-state index in [1.54, 1.807) is 6.20 Å². The van der Waals surface area contributed by atoms with Crippen molar-refractivity contribution in [3.8, 4) is 11.1 Å². The number of aromatic nitrogens is 2. The number of anilines is 1. The van der Waals surface area contributed by atoms with Crippen LogP contribution < -0.4 is 5.73 Å². The zero-order chi connectivity index (χ0) is 9.97. The highest BCUT2D eigenvalue weighted by Crippen LogP contribution is 2.24. The molecular formula is C10H10IN3. The molecule has 0 unspecified atom stereocenters. The average molecular weight is 299 g/mol. The SMILES string of the molecule is Nc1cc(-c2cn[nH]c2)ccc1CI.